The van der Waals surface area contributed by atoms with E-state index in [1.54, 1.807) is 18.2 Å². The Labute approximate surface area is 208 Å². The van der Waals surface area contributed by atoms with Gasteiger partial charge in [0.2, 0.25) is 11.8 Å². The molecule has 0 unspecified atom stereocenters. The first-order valence-electron chi connectivity index (χ1n) is 9.68. The third-order valence-corrected chi connectivity index (χ3v) is 10.7. The van der Waals surface area contributed by atoms with Crippen molar-refractivity contribution in [2.75, 3.05) is 11.9 Å². The maximum atomic E-state index is 13.0. The molecule has 166 valence electrons. The fourth-order valence-corrected chi connectivity index (χ4v) is 7.19. The molecule has 2 bridgehead atoms. The van der Waals surface area contributed by atoms with Crippen molar-refractivity contribution in [2.45, 2.75) is 29.0 Å². The molecule has 0 spiro atoms. The molecular weight excluding hydrogens is 623 g/mol. The average Bonchev–Trinajstić information content (AvgIpc) is 3.33. The minimum absolute atomic E-state index is 0.0626. The van der Waals surface area contributed by atoms with Crippen molar-refractivity contribution in [1.29, 1.82) is 0 Å². The summed E-state index contributed by atoms with van der Waals surface area (Å²) in [6.45, 7) is 0.906. The van der Waals surface area contributed by atoms with Gasteiger partial charge in [-0.1, -0.05) is 43.5 Å². The fraction of sp³-hybridized carbons (Fsp3) is 0.500. The number of hydrogen-bond donors (Lipinski definition) is 1. The summed E-state index contributed by atoms with van der Waals surface area (Å²) >= 11 is 16.5. The van der Waals surface area contributed by atoms with Crippen LogP contribution < -0.4 is 5.32 Å². The molecule has 1 N–H and O–H groups in total. The van der Waals surface area contributed by atoms with Gasteiger partial charge in [0.05, 0.1) is 16.9 Å². The molecule has 3 amide bonds. The number of esters is 1. The molecule has 4 rings (SSSR count). The third kappa shape index (κ3) is 3.98. The van der Waals surface area contributed by atoms with Crippen LogP contribution >= 0.6 is 59.4 Å². The fourth-order valence-electron chi connectivity index (χ4n) is 4.89. The van der Waals surface area contributed by atoms with E-state index in [4.69, 9.17) is 16.3 Å². The van der Waals surface area contributed by atoms with Crippen LogP contribution in [0.5, 0.6) is 0 Å². The molecule has 3 fully saturated rings. The van der Waals surface area contributed by atoms with E-state index in [2.05, 4.69) is 53.1 Å². The largest absolute Gasteiger partial charge is 0.454 e. The predicted molar refractivity (Wildman–Crippen MR) is 124 cm³/mol. The van der Waals surface area contributed by atoms with E-state index in [9.17, 15) is 19.2 Å². The molecule has 1 saturated heterocycles. The Morgan fingerprint density at radius 3 is 2.32 bits per heavy atom. The van der Waals surface area contributed by atoms with Gasteiger partial charge in [-0.05, 0) is 59.3 Å². The van der Waals surface area contributed by atoms with Crippen LogP contribution in [0.2, 0.25) is 5.02 Å². The molecule has 2 saturated carbocycles. The lowest BCUT2D eigenvalue weighted by Crippen LogP contribution is -2.45. The van der Waals surface area contributed by atoms with Gasteiger partial charge in [-0.3, -0.25) is 19.3 Å². The van der Waals surface area contributed by atoms with Gasteiger partial charge in [0, 0.05) is 19.8 Å². The topological polar surface area (TPSA) is 92.8 Å². The van der Waals surface area contributed by atoms with E-state index in [1.807, 2.05) is 0 Å². The molecule has 1 heterocycles. The smallest absolute Gasteiger partial charge is 0.329 e. The number of imide groups is 1. The highest BCUT2D eigenvalue weighted by atomic mass is 79.9. The summed E-state index contributed by atoms with van der Waals surface area (Å²) in [5.74, 6) is -2.71. The van der Waals surface area contributed by atoms with Crippen molar-refractivity contribution in [1.82, 2.24) is 4.90 Å². The number of benzene rings is 1. The highest BCUT2D eigenvalue weighted by Gasteiger charge is 2.67. The number of rotatable bonds is 5. The predicted octanol–water partition coefficient (Wildman–Crippen LogP) is 3.75. The number of carbonyl (C=O) groups excluding carboxylic acids is 4. The average molecular weight is 642 g/mol. The quantitative estimate of drug-likeness (QED) is 0.301. The number of halogens is 4. The molecule has 1 aromatic carbocycles. The second-order valence-corrected chi connectivity index (χ2v) is 11.4. The Hall–Kier alpha value is -0.970. The minimum atomic E-state index is -1.09. The summed E-state index contributed by atoms with van der Waals surface area (Å²) in [4.78, 5) is 51.9. The van der Waals surface area contributed by atoms with Gasteiger partial charge in [-0.15, -0.1) is 0 Å². The highest BCUT2D eigenvalue weighted by Crippen LogP contribution is 2.60. The van der Waals surface area contributed by atoms with Gasteiger partial charge in [0.1, 0.15) is 6.04 Å². The lowest BCUT2D eigenvalue weighted by molar-refractivity contribution is -0.159. The first-order valence-corrected chi connectivity index (χ1v) is 12.7. The van der Waals surface area contributed by atoms with E-state index < -0.39 is 36.4 Å². The van der Waals surface area contributed by atoms with E-state index in [-0.39, 0.29) is 33.3 Å². The van der Waals surface area contributed by atoms with Crippen LogP contribution in [0.25, 0.3) is 0 Å². The maximum Gasteiger partial charge on any atom is 0.329 e. The second kappa shape index (κ2) is 8.76. The molecule has 1 aromatic rings. The Bertz CT molecular complexity index is 944. The summed E-state index contributed by atoms with van der Waals surface area (Å²) in [6, 6.07) is 3.77. The van der Waals surface area contributed by atoms with Crippen molar-refractivity contribution in [3.05, 3.63) is 27.7 Å². The monoisotopic (exact) mass is 638 g/mol. The van der Waals surface area contributed by atoms with Crippen LogP contribution in [0.3, 0.4) is 0 Å². The third-order valence-electron chi connectivity index (χ3n) is 6.30. The Morgan fingerprint density at radius 2 is 1.77 bits per heavy atom. The number of fused-ring (bicyclic) bond motifs is 5. The second-order valence-electron chi connectivity index (χ2n) is 8.01. The van der Waals surface area contributed by atoms with Crippen molar-refractivity contribution in [2.24, 2.45) is 23.7 Å². The first-order chi connectivity index (χ1) is 14.6. The number of carbonyl (C=O) groups is 4. The molecule has 1 aliphatic heterocycles. The summed E-state index contributed by atoms with van der Waals surface area (Å²) in [5, 5.41) is 3.00. The van der Waals surface area contributed by atoms with Crippen molar-refractivity contribution in [3.63, 3.8) is 0 Å². The molecule has 7 nitrogen and oxygen atoms in total. The molecule has 0 aromatic heterocycles. The SMILES string of the molecule is C[C@H](C(=O)OCC(=O)Nc1ccc(Br)c(Cl)c1)N1C(=O)[C@@H]2[C@H]3C[C@@H]([C@H](Br)[C@H]3Br)[C@@H]2C1=O. The maximum absolute atomic E-state index is 13.0. The summed E-state index contributed by atoms with van der Waals surface area (Å²) in [5.41, 5.74) is 0.448. The molecular formula is C20H18Br3ClN2O5. The Balaban J connectivity index is 1.36. The number of amides is 3. The van der Waals surface area contributed by atoms with E-state index in [1.165, 1.54) is 6.92 Å². The van der Waals surface area contributed by atoms with Gasteiger partial charge in [0.15, 0.2) is 6.61 Å². The summed E-state index contributed by atoms with van der Waals surface area (Å²) < 4.78 is 5.76. The van der Waals surface area contributed by atoms with Crippen LogP contribution in [-0.2, 0) is 23.9 Å². The van der Waals surface area contributed by atoms with Crippen LogP contribution in [0.1, 0.15) is 13.3 Å². The normalized spacial score (nSPS) is 32.2. The zero-order valence-electron chi connectivity index (χ0n) is 16.2. The number of nitrogens with one attached hydrogen (secondary N) is 1. The summed E-state index contributed by atoms with van der Waals surface area (Å²) in [7, 11) is 0. The van der Waals surface area contributed by atoms with Crippen molar-refractivity contribution < 1.29 is 23.9 Å². The molecule has 2 aliphatic carbocycles. The lowest BCUT2D eigenvalue weighted by atomic mass is 9.81. The standard InChI is InChI=1S/C20H18Br3ClN2O5/c1-7(20(30)31-6-13(27)25-8-2-3-11(21)12(24)4-8)26-18(28)14-9-5-10(15(14)19(26)29)17(23)16(9)22/h2-4,7,9-10,14-17H,5-6H2,1H3,(H,25,27)/t7-,9-,10-,14-,15+,16+,17+/m1/s1. The molecule has 31 heavy (non-hydrogen) atoms. The minimum Gasteiger partial charge on any atom is -0.454 e. The van der Waals surface area contributed by atoms with Gasteiger partial charge in [-0.2, -0.15) is 0 Å². The van der Waals surface area contributed by atoms with Gasteiger partial charge in [0.25, 0.3) is 5.91 Å². The Kier molecular flexibility index (Phi) is 6.55. The van der Waals surface area contributed by atoms with Gasteiger partial charge < -0.3 is 10.1 Å². The number of hydrogen-bond acceptors (Lipinski definition) is 5. The number of likely N-dealkylation sites (tertiary alicyclic amines) is 1. The van der Waals surface area contributed by atoms with Gasteiger partial charge in [-0.25, -0.2) is 4.79 Å². The van der Waals surface area contributed by atoms with Crippen LogP contribution in [0, 0.1) is 23.7 Å². The highest BCUT2D eigenvalue weighted by molar-refractivity contribution is 9.12. The van der Waals surface area contributed by atoms with E-state index in [0.29, 0.717) is 15.2 Å². The number of alkyl halides is 2. The zero-order chi connectivity index (χ0) is 22.6. The van der Waals surface area contributed by atoms with E-state index >= 15 is 0 Å². The van der Waals surface area contributed by atoms with Gasteiger partial charge >= 0.3 is 5.97 Å². The number of nitrogens with zero attached hydrogens (tertiary/aromatic N) is 1. The summed E-state index contributed by atoms with van der Waals surface area (Å²) in [6.07, 6.45) is 0.811. The molecule has 7 atom stereocenters. The molecule has 11 heteroatoms. The Morgan fingerprint density at radius 1 is 1.19 bits per heavy atom. The van der Waals surface area contributed by atoms with Crippen molar-refractivity contribution >= 4 is 88.8 Å². The number of anilines is 1. The van der Waals surface area contributed by atoms with Crippen molar-refractivity contribution in [3.8, 4) is 0 Å². The number of ether oxygens (including phenoxy) is 1. The van der Waals surface area contributed by atoms with Crippen LogP contribution in [-0.4, -0.2) is 50.9 Å². The lowest BCUT2D eigenvalue weighted by Gasteiger charge is -2.28. The first kappa shape index (κ1) is 23.2. The van der Waals surface area contributed by atoms with Crippen LogP contribution in [0.4, 0.5) is 5.69 Å². The zero-order valence-corrected chi connectivity index (χ0v) is 21.7. The molecule has 0 radical (unpaired) electrons. The van der Waals surface area contributed by atoms with Crippen LogP contribution in [0.15, 0.2) is 22.7 Å². The molecule has 3 aliphatic rings. The van der Waals surface area contributed by atoms with E-state index in [0.717, 1.165) is 11.3 Å².